The van der Waals surface area contributed by atoms with Crippen LogP contribution in [0.15, 0.2) is 22.7 Å². The van der Waals surface area contributed by atoms with Crippen LogP contribution in [0.3, 0.4) is 0 Å². The van der Waals surface area contributed by atoms with Crippen LogP contribution in [0.25, 0.3) is 0 Å². The Bertz CT molecular complexity index is 460. The van der Waals surface area contributed by atoms with Gasteiger partial charge in [-0.1, -0.05) is 28.9 Å². The first-order valence-corrected chi connectivity index (χ1v) is 8.66. The van der Waals surface area contributed by atoms with E-state index in [4.69, 9.17) is 4.74 Å². The van der Waals surface area contributed by atoms with Gasteiger partial charge in [-0.3, -0.25) is 0 Å². The van der Waals surface area contributed by atoms with E-state index in [0.717, 1.165) is 42.5 Å². The second kappa shape index (κ2) is 7.70. The minimum Gasteiger partial charge on any atom is -0.374 e. The Morgan fingerprint density at radius 2 is 2.24 bits per heavy atom. The van der Waals surface area contributed by atoms with E-state index >= 15 is 0 Å². The quantitative estimate of drug-likeness (QED) is 0.811. The lowest BCUT2D eigenvalue weighted by Gasteiger charge is -2.41. The number of benzene rings is 1. The molecule has 0 aromatic heterocycles. The van der Waals surface area contributed by atoms with Crippen LogP contribution in [0, 0.1) is 5.82 Å². The normalized spacial score (nSPS) is 24.0. The van der Waals surface area contributed by atoms with Gasteiger partial charge in [0.2, 0.25) is 0 Å². The van der Waals surface area contributed by atoms with Gasteiger partial charge in [0, 0.05) is 17.1 Å². The second-order valence-electron chi connectivity index (χ2n) is 6.06. The summed E-state index contributed by atoms with van der Waals surface area (Å²) in [5, 5.41) is 3.57. The van der Waals surface area contributed by atoms with Crippen LogP contribution in [-0.4, -0.2) is 24.8 Å². The first-order chi connectivity index (χ1) is 10.0. The van der Waals surface area contributed by atoms with E-state index in [9.17, 15) is 4.39 Å². The van der Waals surface area contributed by atoms with Gasteiger partial charge >= 0.3 is 0 Å². The highest BCUT2D eigenvalue weighted by molar-refractivity contribution is 9.10. The maximum Gasteiger partial charge on any atom is 0.127 e. The zero-order valence-electron chi connectivity index (χ0n) is 12.9. The molecule has 1 aromatic carbocycles. The highest BCUT2D eigenvalue weighted by atomic mass is 79.9. The van der Waals surface area contributed by atoms with Crippen molar-refractivity contribution >= 4 is 15.9 Å². The predicted molar refractivity (Wildman–Crippen MR) is 88.1 cm³/mol. The molecular weight excluding hydrogens is 333 g/mol. The molecule has 1 heterocycles. The highest BCUT2D eigenvalue weighted by Crippen LogP contribution is 2.30. The van der Waals surface area contributed by atoms with Crippen molar-refractivity contribution in [1.82, 2.24) is 5.32 Å². The summed E-state index contributed by atoms with van der Waals surface area (Å²) in [4.78, 5) is 0. The van der Waals surface area contributed by atoms with E-state index < -0.39 is 0 Å². The number of ether oxygens (including phenoxy) is 1. The molecule has 1 aliphatic rings. The third-order valence-electron chi connectivity index (χ3n) is 4.32. The lowest BCUT2D eigenvalue weighted by Crippen LogP contribution is -2.53. The molecule has 21 heavy (non-hydrogen) atoms. The number of hydrogen-bond donors (Lipinski definition) is 1. The Kier molecular flexibility index (Phi) is 6.20. The molecule has 0 aliphatic carbocycles. The predicted octanol–water partition coefficient (Wildman–Crippen LogP) is 4.46. The van der Waals surface area contributed by atoms with Crippen LogP contribution in [0.4, 0.5) is 4.39 Å². The Morgan fingerprint density at radius 1 is 1.43 bits per heavy atom. The zero-order chi connectivity index (χ0) is 15.3. The summed E-state index contributed by atoms with van der Waals surface area (Å²) in [6.07, 6.45) is 5.07. The SMILES string of the molecule is CCCNC(Cc1ccc(Br)cc1F)C1(C)CCCCO1. The molecule has 1 aliphatic heterocycles. The standard InChI is InChI=1S/C17H25BrFNO/c1-3-9-20-16(17(2)8-4-5-10-21-17)11-13-6-7-14(18)12-15(13)19/h6-7,12,16,20H,3-5,8-11H2,1-2H3. The number of rotatable bonds is 6. The zero-order valence-corrected chi connectivity index (χ0v) is 14.5. The van der Waals surface area contributed by atoms with Crippen molar-refractivity contribution in [2.75, 3.05) is 13.2 Å². The molecule has 2 atom stereocenters. The van der Waals surface area contributed by atoms with E-state index in [1.807, 2.05) is 12.1 Å². The molecule has 2 rings (SSSR count). The summed E-state index contributed by atoms with van der Waals surface area (Å²) in [7, 11) is 0. The second-order valence-corrected chi connectivity index (χ2v) is 6.98. The Morgan fingerprint density at radius 3 is 2.86 bits per heavy atom. The molecule has 0 amide bonds. The van der Waals surface area contributed by atoms with E-state index in [2.05, 4.69) is 35.1 Å². The largest absolute Gasteiger partial charge is 0.374 e. The van der Waals surface area contributed by atoms with Crippen LogP contribution in [0.1, 0.15) is 45.1 Å². The fourth-order valence-electron chi connectivity index (χ4n) is 2.96. The molecule has 0 saturated carbocycles. The van der Waals surface area contributed by atoms with Gasteiger partial charge < -0.3 is 10.1 Å². The molecule has 1 saturated heterocycles. The third kappa shape index (κ3) is 4.51. The molecular formula is C17H25BrFNO. The average molecular weight is 358 g/mol. The van der Waals surface area contributed by atoms with Gasteiger partial charge in [0.1, 0.15) is 5.82 Å². The minimum atomic E-state index is -0.201. The van der Waals surface area contributed by atoms with Crippen molar-refractivity contribution in [2.45, 2.75) is 57.6 Å². The van der Waals surface area contributed by atoms with Crippen LogP contribution in [0.5, 0.6) is 0 Å². The third-order valence-corrected chi connectivity index (χ3v) is 4.81. The molecule has 0 spiro atoms. The lowest BCUT2D eigenvalue weighted by atomic mass is 9.84. The summed E-state index contributed by atoms with van der Waals surface area (Å²) >= 11 is 3.31. The van der Waals surface area contributed by atoms with Crippen molar-refractivity contribution in [2.24, 2.45) is 0 Å². The van der Waals surface area contributed by atoms with Gasteiger partial charge in [0.05, 0.1) is 5.60 Å². The molecule has 2 nitrogen and oxygen atoms in total. The van der Waals surface area contributed by atoms with E-state index in [0.29, 0.717) is 6.42 Å². The molecule has 1 fully saturated rings. The van der Waals surface area contributed by atoms with Gasteiger partial charge in [-0.15, -0.1) is 0 Å². The van der Waals surface area contributed by atoms with Crippen molar-refractivity contribution < 1.29 is 9.13 Å². The van der Waals surface area contributed by atoms with E-state index in [1.54, 1.807) is 0 Å². The van der Waals surface area contributed by atoms with Crippen molar-refractivity contribution in [1.29, 1.82) is 0 Å². The van der Waals surface area contributed by atoms with Gasteiger partial charge in [-0.2, -0.15) is 0 Å². The van der Waals surface area contributed by atoms with Crippen molar-refractivity contribution in [3.8, 4) is 0 Å². The molecule has 118 valence electrons. The molecule has 0 bridgehead atoms. The van der Waals surface area contributed by atoms with Crippen molar-refractivity contribution in [3.05, 3.63) is 34.1 Å². The maximum atomic E-state index is 14.1. The topological polar surface area (TPSA) is 21.3 Å². The van der Waals surface area contributed by atoms with Crippen LogP contribution in [0.2, 0.25) is 0 Å². The van der Waals surface area contributed by atoms with Crippen LogP contribution >= 0.6 is 15.9 Å². The van der Waals surface area contributed by atoms with Crippen LogP contribution in [-0.2, 0) is 11.2 Å². The van der Waals surface area contributed by atoms with E-state index in [-0.39, 0.29) is 17.5 Å². The summed E-state index contributed by atoms with van der Waals surface area (Å²) < 4.78 is 21.0. The molecule has 0 radical (unpaired) electrons. The summed E-state index contributed by atoms with van der Waals surface area (Å²) in [6.45, 7) is 6.05. The smallest absolute Gasteiger partial charge is 0.127 e. The first kappa shape index (κ1) is 16.9. The van der Waals surface area contributed by atoms with E-state index in [1.165, 1.54) is 12.5 Å². The fraction of sp³-hybridized carbons (Fsp3) is 0.647. The highest BCUT2D eigenvalue weighted by Gasteiger charge is 2.36. The van der Waals surface area contributed by atoms with Crippen LogP contribution < -0.4 is 5.32 Å². The summed E-state index contributed by atoms with van der Waals surface area (Å²) in [5.41, 5.74) is 0.551. The van der Waals surface area contributed by atoms with Gasteiger partial charge in [-0.05, 0) is 63.3 Å². The minimum absolute atomic E-state index is 0.146. The Balaban J connectivity index is 2.15. The molecule has 1 N–H and O–H groups in total. The molecule has 4 heteroatoms. The number of halogens is 2. The fourth-order valence-corrected chi connectivity index (χ4v) is 3.29. The van der Waals surface area contributed by atoms with Crippen molar-refractivity contribution in [3.63, 3.8) is 0 Å². The monoisotopic (exact) mass is 357 g/mol. The first-order valence-electron chi connectivity index (χ1n) is 7.86. The van der Waals surface area contributed by atoms with Gasteiger partial charge in [-0.25, -0.2) is 4.39 Å². The molecule has 2 unspecified atom stereocenters. The Hall–Kier alpha value is -0.450. The lowest BCUT2D eigenvalue weighted by molar-refractivity contribution is -0.0884. The Labute approximate surface area is 135 Å². The number of hydrogen-bond acceptors (Lipinski definition) is 2. The van der Waals surface area contributed by atoms with Gasteiger partial charge in [0.15, 0.2) is 0 Å². The van der Waals surface area contributed by atoms with Gasteiger partial charge in [0.25, 0.3) is 0 Å². The number of nitrogens with one attached hydrogen (secondary N) is 1. The average Bonchev–Trinajstić information content (AvgIpc) is 2.46. The molecule has 1 aromatic rings. The summed E-state index contributed by atoms with van der Waals surface area (Å²) in [6, 6.07) is 5.45. The maximum absolute atomic E-state index is 14.1. The summed E-state index contributed by atoms with van der Waals surface area (Å²) in [5.74, 6) is -0.146.